The van der Waals surface area contributed by atoms with Crippen LogP contribution in [0.5, 0.6) is 0 Å². The molecule has 2 aromatic rings. The predicted octanol–water partition coefficient (Wildman–Crippen LogP) is 3.42. The number of anilines is 1. The van der Waals surface area contributed by atoms with Crippen molar-refractivity contribution in [3.8, 4) is 0 Å². The molecule has 0 bridgehead atoms. The van der Waals surface area contributed by atoms with Gasteiger partial charge < -0.3 is 10.4 Å². The number of benzene rings is 1. The fourth-order valence-electron chi connectivity index (χ4n) is 2.17. The quantitative estimate of drug-likeness (QED) is 0.851. The zero-order valence-electron chi connectivity index (χ0n) is 12.6. The Balaban J connectivity index is 2.47. The molecule has 1 heterocycles. The van der Waals surface area contributed by atoms with Crippen LogP contribution in [0.15, 0.2) is 24.3 Å². The van der Waals surface area contributed by atoms with Gasteiger partial charge in [-0.15, -0.1) is 0 Å². The number of carboxylic acids is 1. The van der Waals surface area contributed by atoms with Crippen LogP contribution < -0.4 is 5.32 Å². The predicted molar refractivity (Wildman–Crippen MR) is 83.6 cm³/mol. The molecule has 1 unspecified atom stereocenters. The number of nitrogens with one attached hydrogen (secondary N) is 1. The van der Waals surface area contributed by atoms with Gasteiger partial charge in [-0.1, -0.05) is 39.3 Å². The van der Waals surface area contributed by atoms with Crippen LogP contribution in [0.4, 0.5) is 5.82 Å². The van der Waals surface area contributed by atoms with Gasteiger partial charge in [0.2, 0.25) is 0 Å². The van der Waals surface area contributed by atoms with Crippen LogP contribution in [-0.4, -0.2) is 27.1 Å². The molecule has 2 rings (SSSR count). The third-order valence-electron chi connectivity index (χ3n) is 3.32. The number of hydrogen-bond acceptors (Lipinski definition) is 4. The molecule has 0 saturated carbocycles. The highest BCUT2D eigenvalue weighted by Crippen LogP contribution is 2.24. The number of fused-ring (bicyclic) bond motifs is 1. The first-order valence-corrected chi connectivity index (χ1v) is 7.29. The molecule has 0 fully saturated rings. The van der Waals surface area contributed by atoms with E-state index in [0.29, 0.717) is 12.2 Å². The van der Waals surface area contributed by atoms with Crippen LogP contribution in [0, 0.1) is 0 Å². The summed E-state index contributed by atoms with van der Waals surface area (Å²) >= 11 is 0. The van der Waals surface area contributed by atoms with Crippen LogP contribution in [0.25, 0.3) is 10.9 Å². The van der Waals surface area contributed by atoms with Crippen molar-refractivity contribution in [2.75, 3.05) is 5.32 Å². The highest BCUT2D eigenvalue weighted by atomic mass is 16.4. The van der Waals surface area contributed by atoms with E-state index in [4.69, 9.17) is 0 Å². The number of nitrogens with zero attached hydrogens (tertiary/aromatic N) is 2. The second-order valence-corrected chi connectivity index (χ2v) is 5.43. The number of aromatic nitrogens is 2. The van der Waals surface area contributed by atoms with Crippen LogP contribution >= 0.6 is 0 Å². The molecule has 0 saturated heterocycles. The number of rotatable bonds is 6. The number of carboxylic acid groups (broad SMARTS) is 1. The summed E-state index contributed by atoms with van der Waals surface area (Å²) in [4.78, 5) is 20.4. The average molecular weight is 287 g/mol. The van der Waals surface area contributed by atoms with Gasteiger partial charge in [-0.25, -0.2) is 14.8 Å². The number of aliphatic carboxylic acids is 1. The molecule has 0 aliphatic heterocycles. The Morgan fingerprint density at radius 2 is 2.00 bits per heavy atom. The number of carbonyl (C=O) groups is 1. The molecule has 1 atom stereocenters. The molecule has 0 spiro atoms. The fraction of sp³-hybridized carbons (Fsp3) is 0.438. The minimum Gasteiger partial charge on any atom is -0.480 e. The summed E-state index contributed by atoms with van der Waals surface area (Å²) in [6.07, 6.45) is 1.36. The summed E-state index contributed by atoms with van der Waals surface area (Å²) in [5.41, 5.74) is 0.833. The number of para-hydroxylation sites is 1. The second kappa shape index (κ2) is 6.52. The Kier molecular flexibility index (Phi) is 4.73. The van der Waals surface area contributed by atoms with E-state index in [-0.39, 0.29) is 5.92 Å². The SMILES string of the molecule is CCCC(Nc1nc(C(C)C)nc2ccccc12)C(=O)O. The minimum atomic E-state index is -0.856. The maximum absolute atomic E-state index is 11.3. The molecule has 0 aliphatic rings. The van der Waals surface area contributed by atoms with Crippen molar-refractivity contribution in [3.63, 3.8) is 0 Å². The summed E-state index contributed by atoms with van der Waals surface area (Å²) in [6, 6.07) is 7.02. The first-order valence-electron chi connectivity index (χ1n) is 7.29. The van der Waals surface area contributed by atoms with Crippen molar-refractivity contribution in [2.45, 2.75) is 45.6 Å². The zero-order valence-corrected chi connectivity index (χ0v) is 12.6. The van der Waals surface area contributed by atoms with Gasteiger partial charge in [-0.3, -0.25) is 0 Å². The Morgan fingerprint density at radius 1 is 1.29 bits per heavy atom. The van der Waals surface area contributed by atoms with Crippen LogP contribution in [0.3, 0.4) is 0 Å². The first kappa shape index (κ1) is 15.2. The van der Waals surface area contributed by atoms with E-state index in [9.17, 15) is 9.90 Å². The van der Waals surface area contributed by atoms with E-state index >= 15 is 0 Å². The molecule has 0 radical (unpaired) electrons. The Hall–Kier alpha value is -2.17. The normalized spacial score (nSPS) is 12.6. The molecule has 2 N–H and O–H groups in total. The molecule has 5 nitrogen and oxygen atoms in total. The molecule has 0 amide bonds. The van der Waals surface area contributed by atoms with Gasteiger partial charge in [0.05, 0.1) is 5.52 Å². The summed E-state index contributed by atoms with van der Waals surface area (Å²) in [5.74, 6) is 0.650. The Labute approximate surface area is 124 Å². The van der Waals surface area contributed by atoms with Gasteiger partial charge in [0.15, 0.2) is 0 Å². The average Bonchev–Trinajstić information content (AvgIpc) is 2.46. The third-order valence-corrected chi connectivity index (χ3v) is 3.32. The van der Waals surface area contributed by atoms with E-state index < -0.39 is 12.0 Å². The van der Waals surface area contributed by atoms with Gasteiger partial charge in [0, 0.05) is 11.3 Å². The monoisotopic (exact) mass is 287 g/mol. The lowest BCUT2D eigenvalue weighted by Crippen LogP contribution is -2.29. The maximum atomic E-state index is 11.3. The van der Waals surface area contributed by atoms with Crippen LogP contribution in [-0.2, 0) is 4.79 Å². The van der Waals surface area contributed by atoms with Crippen molar-refractivity contribution in [1.82, 2.24) is 9.97 Å². The lowest BCUT2D eigenvalue weighted by atomic mass is 10.1. The van der Waals surface area contributed by atoms with E-state index in [1.54, 1.807) is 0 Å². The Bertz CT molecular complexity index is 640. The Morgan fingerprint density at radius 3 is 2.62 bits per heavy atom. The molecular weight excluding hydrogens is 266 g/mol. The number of hydrogen-bond donors (Lipinski definition) is 2. The van der Waals surface area contributed by atoms with Crippen LogP contribution in [0.2, 0.25) is 0 Å². The van der Waals surface area contributed by atoms with Gasteiger partial charge >= 0.3 is 5.97 Å². The molecule has 0 aliphatic carbocycles. The van der Waals surface area contributed by atoms with Gasteiger partial charge in [0.1, 0.15) is 17.7 Å². The minimum absolute atomic E-state index is 0.185. The lowest BCUT2D eigenvalue weighted by Gasteiger charge is -2.17. The van der Waals surface area contributed by atoms with Crippen molar-refractivity contribution < 1.29 is 9.90 Å². The van der Waals surface area contributed by atoms with E-state index in [2.05, 4.69) is 15.3 Å². The van der Waals surface area contributed by atoms with E-state index in [1.165, 1.54) is 0 Å². The van der Waals surface area contributed by atoms with Crippen LogP contribution in [0.1, 0.15) is 45.4 Å². The van der Waals surface area contributed by atoms with Gasteiger partial charge in [-0.2, -0.15) is 0 Å². The molecule has 112 valence electrons. The first-order chi connectivity index (χ1) is 10.0. The fourth-order valence-corrected chi connectivity index (χ4v) is 2.17. The highest BCUT2D eigenvalue weighted by molar-refractivity contribution is 5.90. The molecule has 5 heteroatoms. The lowest BCUT2D eigenvalue weighted by molar-refractivity contribution is -0.138. The van der Waals surface area contributed by atoms with Crippen molar-refractivity contribution in [2.24, 2.45) is 0 Å². The smallest absolute Gasteiger partial charge is 0.326 e. The van der Waals surface area contributed by atoms with E-state index in [0.717, 1.165) is 23.1 Å². The van der Waals surface area contributed by atoms with Gasteiger partial charge in [0.25, 0.3) is 0 Å². The maximum Gasteiger partial charge on any atom is 0.326 e. The highest BCUT2D eigenvalue weighted by Gasteiger charge is 2.19. The summed E-state index contributed by atoms with van der Waals surface area (Å²) in [6.45, 7) is 6.01. The molecule has 1 aromatic carbocycles. The summed E-state index contributed by atoms with van der Waals surface area (Å²) in [7, 11) is 0. The van der Waals surface area contributed by atoms with Crippen molar-refractivity contribution in [1.29, 1.82) is 0 Å². The van der Waals surface area contributed by atoms with Gasteiger partial charge in [-0.05, 0) is 18.6 Å². The zero-order chi connectivity index (χ0) is 15.4. The topological polar surface area (TPSA) is 75.1 Å². The summed E-state index contributed by atoms with van der Waals surface area (Å²) < 4.78 is 0. The second-order valence-electron chi connectivity index (χ2n) is 5.43. The van der Waals surface area contributed by atoms with E-state index in [1.807, 2.05) is 45.0 Å². The third kappa shape index (κ3) is 3.48. The molecular formula is C16H21N3O2. The molecule has 1 aromatic heterocycles. The van der Waals surface area contributed by atoms with Crippen molar-refractivity contribution >= 4 is 22.7 Å². The standard InChI is InChI=1S/C16H21N3O2/c1-4-7-13(16(20)21)18-15-11-8-5-6-9-12(11)17-14(19-15)10(2)3/h5-6,8-10,13H,4,7H2,1-3H3,(H,20,21)(H,17,18,19). The summed E-state index contributed by atoms with van der Waals surface area (Å²) in [5, 5.41) is 13.2. The van der Waals surface area contributed by atoms with Crippen molar-refractivity contribution in [3.05, 3.63) is 30.1 Å². The molecule has 21 heavy (non-hydrogen) atoms. The largest absolute Gasteiger partial charge is 0.480 e.